The van der Waals surface area contributed by atoms with E-state index in [1.807, 2.05) is 0 Å². The maximum Gasteiger partial charge on any atom is 0.188 e. The van der Waals surface area contributed by atoms with Crippen LogP contribution in [0.25, 0.3) is 0 Å². The summed E-state index contributed by atoms with van der Waals surface area (Å²) in [5.41, 5.74) is 5.78. The van der Waals surface area contributed by atoms with Gasteiger partial charge in [0.1, 0.15) is 0 Å². The molecule has 0 saturated heterocycles. The number of guanidine groups is 1. The second-order valence-corrected chi connectivity index (χ2v) is 4.58. The molecule has 0 unspecified atom stereocenters. The van der Waals surface area contributed by atoms with E-state index in [9.17, 15) is 0 Å². The van der Waals surface area contributed by atoms with Gasteiger partial charge >= 0.3 is 0 Å². The van der Waals surface area contributed by atoms with Gasteiger partial charge in [-0.25, -0.2) is 0 Å². The van der Waals surface area contributed by atoms with Gasteiger partial charge < -0.3 is 11.1 Å². The van der Waals surface area contributed by atoms with Gasteiger partial charge in [-0.3, -0.25) is 4.99 Å². The molecule has 0 amide bonds. The molecule has 0 atom stereocenters. The summed E-state index contributed by atoms with van der Waals surface area (Å²) in [4.78, 5) is 4.31. The van der Waals surface area contributed by atoms with Crippen molar-refractivity contribution in [2.75, 3.05) is 6.54 Å². The molecular weight excluding hydrogens is 174 g/mol. The molecule has 0 spiro atoms. The van der Waals surface area contributed by atoms with E-state index in [0.29, 0.717) is 17.9 Å². The van der Waals surface area contributed by atoms with Crippen LogP contribution in [0.1, 0.15) is 46.0 Å². The molecule has 14 heavy (non-hydrogen) atoms. The van der Waals surface area contributed by atoms with Crippen LogP contribution in [0.4, 0.5) is 0 Å². The van der Waals surface area contributed by atoms with Crippen molar-refractivity contribution in [3.05, 3.63) is 0 Å². The van der Waals surface area contributed by atoms with Crippen LogP contribution in [0.3, 0.4) is 0 Å². The van der Waals surface area contributed by atoms with Gasteiger partial charge in [-0.1, -0.05) is 26.7 Å². The first kappa shape index (κ1) is 11.3. The topological polar surface area (TPSA) is 50.4 Å². The van der Waals surface area contributed by atoms with Gasteiger partial charge in [0.2, 0.25) is 0 Å². The molecule has 1 aliphatic rings. The molecule has 3 heteroatoms. The zero-order valence-corrected chi connectivity index (χ0v) is 9.42. The van der Waals surface area contributed by atoms with Gasteiger partial charge in [0, 0.05) is 12.6 Å². The lowest BCUT2D eigenvalue weighted by Gasteiger charge is -2.12. The maximum atomic E-state index is 5.78. The van der Waals surface area contributed by atoms with Crippen LogP contribution in [0.2, 0.25) is 0 Å². The van der Waals surface area contributed by atoms with Crippen LogP contribution in [0, 0.1) is 5.92 Å². The van der Waals surface area contributed by atoms with E-state index in [1.165, 1.54) is 25.7 Å². The maximum absolute atomic E-state index is 5.78. The van der Waals surface area contributed by atoms with Crippen molar-refractivity contribution < 1.29 is 0 Å². The Hall–Kier alpha value is -0.730. The molecule has 0 aliphatic heterocycles. The average Bonchev–Trinajstić information content (AvgIpc) is 2.56. The predicted octanol–water partition coefficient (Wildman–Crippen LogP) is 1.88. The number of rotatable bonds is 4. The molecule has 0 heterocycles. The smallest absolute Gasteiger partial charge is 0.188 e. The van der Waals surface area contributed by atoms with Gasteiger partial charge in [-0.05, 0) is 25.2 Å². The van der Waals surface area contributed by atoms with Gasteiger partial charge in [0.25, 0.3) is 0 Å². The highest BCUT2D eigenvalue weighted by molar-refractivity contribution is 5.78. The Bertz CT molecular complexity index is 181. The molecule has 0 aromatic carbocycles. The Balaban J connectivity index is 2.15. The fourth-order valence-electron chi connectivity index (χ4n) is 1.77. The van der Waals surface area contributed by atoms with E-state index in [0.717, 1.165) is 13.0 Å². The van der Waals surface area contributed by atoms with Crippen LogP contribution in [0.5, 0.6) is 0 Å². The van der Waals surface area contributed by atoms with Crippen LogP contribution in [-0.4, -0.2) is 18.5 Å². The fourth-order valence-corrected chi connectivity index (χ4v) is 1.77. The van der Waals surface area contributed by atoms with Crippen molar-refractivity contribution in [3.8, 4) is 0 Å². The predicted molar refractivity (Wildman–Crippen MR) is 61.3 cm³/mol. The van der Waals surface area contributed by atoms with Crippen LogP contribution >= 0.6 is 0 Å². The lowest BCUT2D eigenvalue weighted by molar-refractivity contribution is 0.589. The highest BCUT2D eigenvalue weighted by Crippen LogP contribution is 2.17. The zero-order chi connectivity index (χ0) is 10.4. The molecule has 82 valence electrons. The third kappa shape index (κ3) is 4.49. The summed E-state index contributed by atoms with van der Waals surface area (Å²) in [7, 11) is 0. The van der Waals surface area contributed by atoms with Gasteiger partial charge in [0.15, 0.2) is 5.96 Å². The van der Waals surface area contributed by atoms with Crippen LogP contribution in [0.15, 0.2) is 4.99 Å². The van der Waals surface area contributed by atoms with E-state index in [2.05, 4.69) is 24.2 Å². The lowest BCUT2D eigenvalue weighted by atomic mass is 10.1. The van der Waals surface area contributed by atoms with E-state index in [-0.39, 0.29) is 0 Å². The summed E-state index contributed by atoms with van der Waals surface area (Å²) in [6, 6.07) is 0.581. The van der Waals surface area contributed by atoms with Crippen molar-refractivity contribution in [2.24, 2.45) is 16.6 Å². The number of nitrogens with two attached hydrogens (primary N) is 1. The number of hydrogen-bond donors (Lipinski definition) is 2. The number of nitrogens with one attached hydrogen (secondary N) is 1. The molecule has 0 radical (unpaired) electrons. The quantitative estimate of drug-likeness (QED) is 0.534. The minimum absolute atomic E-state index is 0.581. The molecular formula is C11H23N3. The summed E-state index contributed by atoms with van der Waals surface area (Å²) in [5.74, 6) is 1.34. The molecule has 0 aromatic heterocycles. The first-order valence-electron chi connectivity index (χ1n) is 5.75. The van der Waals surface area contributed by atoms with E-state index in [1.54, 1.807) is 0 Å². The Morgan fingerprint density at radius 2 is 2.07 bits per heavy atom. The molecule has 1 saturated carbocycles. The Labute approximate surface area is 87.2 Å². The van der Waals surface area contributed by atoms with Crippen LogP contribution < -0.4 is 11.1 Å². The first-order chi connectivity index (χ1) is 6.68. The molecule has 1 rings (SSSR count). The van der Waals surface area contributed by atoms with Crippen molar-refractivity contribution >= 4 is 5.96 Å². The molecule has 3 nitrogen and oxygen atoms in total. The SMILES string of the molecule is CC(C)CCN=C(N)NC1CCCC1. The third-order valence-corrected chi connectivity index (χ3v) is 2.70. The van der Waals surface area contributed by atoms with Gasteiger partial charge in [-0.2, -0.15) is 0 Å². The second-order valence-electron chi connectivity index (χ2n) is 4.58. The number of hydrogen-bond acceptors (Lipinski definition) is 1. The van der Waals surface area contributed by atoms with Crippen molar-refractivity contribution in [1.82, 2.24) is 5.32 Å². The summed E-state index contributed by atoms with van der Waals surface area (Å²) in [6.45, 7) is 5.26. The molecule has 1 aliphatic carbocycles. The minimum atomic E-state index is 0.581. The summed E-state index contributed by atoms with van der Waals surface area (Å²) in [6.07, 6.45) is 6.28. The molecule has 0 bridgehead atoms. The van der Waals surface area contributed by atoms with Gasteiger partial charge in [-0.15, -0.1) is 0 Å². The van der Waals surface area contributed by atoms with Crippen LogP contribution in [-0.2, 0) is 0 Å². The molecule has 1 fully saturated rings. The highest BCUT2D eigenvalue weighted by atomic mass is 15.1. The normalized spacial score (nSPS) is 19.2. The standard InChI is InChI=1S/C11H23N3/c1-9(2)7-8-13-11(12)14-10-5-3-4-6-10/h9-10H,3-8H2,1-2H3,(H3,12,13,14). The van der Waals surface area contributed by atoms with E-state index >= 15 is 0 Å². The molecule has 3 N–H and O–H groups in total. The Morgan fingerprint density at radius 1 is 1.43 bits per heavy atom. The third-order valence-electron chi connectivity index (χ3n) is 2.70. The Morgan fingerprint density at radius 3 is 2.64 bits per heavy atom. The largest absolute Gasteiger partial charge is 0.370 e. The fraction of sp³-hybridized carbons (Fsp3) is 0.909. The first-order valence-corrected chi connectivity index (χ1v) is 5.75. The minimum Gasteiger partial charge on any atom is -0.370 e. The summed E-state index contributed by atoms with van der Waals surface area (Å²) >= 11 is 0. The van der Waals surface area contributed by atoms with Gasteiger partial charge in [0.05, 0.1) is 0 Å². The van der Waals surface area contributed by atoms with Crippen molar-refractivity contribution in [2.45, 2.75) is 52.0 Å². The van der Waals surface area contributed by atoms with E-state index < -0.39 is 0 Å². The highest BCUT2D eigenvalue weighted by Gasteiger charge is 2.14. The summed E-state index contributed by atoms with van der Waals surface area (Å²) in [5, 5.41) is 3.28. The number of aliphatic imine (C=N–C) groups is 1. The molecule has 0 aromatic rings. The van der Waals surface area contributed by atoms with Crippen molar-refractivity contribution in [3.63, 3.8) is 0 Å². The second kappa shape index (κ2) is 5.89. The monoisotopic (exact) mass is 197 g/mol. The zero-order valence-electron chi connectivity index (χ0n) is 9.42. The average molecular weight is 197 g/mol. The Kier molecular flexibility index (Phi) is 4.77. The van der Waals surface area contributed by atoms with E-state index in [4.69, 9.17) is 5.73 Å². The number of nitrogens with zero attached hydrogens (tertiary/aromatic N) is 1. The lowest BCUT2D eigenvalue weighted by Crippen LogP contribution is -2.38. The summed E-state index contributed by atoms with van der Waals surface area (Å²) < 4.78 is 0. The van der Waals surface area contributed by atoms with Crippen molar-refractivity contribution in [1.29, 1.82) is 0 Å².